The second-order valence-electron chi connectivity index (χ2n) is 6.74. The lowest BCUT2D eigenvalue weighted by molar-refractivity contribution is -0.138. The van der Waals surface area contributed by atoms with Crippen LogP contribution in [0.25, 0.3) is 22.2 Å². The van der Waals surface area contributed by atoms with E-state index in [-0.39, 0.29) is 22.8 Å². The molecule has 4 rings (SSSR count). The number of benzene rings is 1. The van der Waals surface area contributed by atoms with Crippen LogP contribution in [0.2, 0.25) is 0 Å². The smallest absolute Gasteiger partial charge is 0.323 e. The van der Waals surface area contributed by atoms with Gasteiger partial charge in [0.1, 0.15) is 6.07 Å². The van der Waals surface area contributed by atoms with E-state index in [1.807, 2.05) is 0 Å². The molecule has 0 aliphatic carbocycles. The van der Waals surface area contributed by atoms with Gasteiger partial charge in [-0.25, -0.2) is 9.97 Å². The summed E-state index contributed by atoms with van der Waals surface area (Å²) < 4.78 is 78.6. The molecule has 4 aromatic rings. The normalized spacial score (nSPS) is 11.9. The molecule has 33 heavy (non-hydrogen) atoms. The predicted octanol–water partition coefficient (Wildman–Crippen LogP) is 5.74. The van der Waals surface area contributed by atoms with E-state index in [0.717, 1.165) is 12.3 Å². The number of nitriles is 1. The van der Waals surface area contributed by atoms with Crippen molar-refractivity contribution >= 4 is 22.5 Å². The lowest BCUT2D eigenvalue weighted by Gasteiger charge is -2.14. The SMILES string of the molecule is N#Cc1cnc(-c2ccc3c(Nc4ncc(C(F)(F)F)cn4)ccnc3c2)c(C(F)(F)F)c1. The van der Waals surface area contributed by atoms with Gasteiger partial charge in [0.15, 0.2) is 0 Å². The first-order chi connectivity index (χ1) is 15.6. The van der Waals surface area contributed by atoms with Gasteiger partial charge in [0.2, 0.25) is 5.95 Å². The molecular weight excluding hydrogens is 450 g/mol. The Morgan fingerprint density at radius 1 is 0.818 bits per heavy atom. The summed E-state index contributed by atoms with van der Waals surface area (Å²) in [6, 6.07) is 8.14. The van der Waals surface area contributed by atoms with Gasteiger partial charge in [-0.3, -0.25) is 9.97 Å². The molecule has 0 amide bonds. The first-order valence-electron chi connectivity index (χ1n) is 9.09. The standard InChI is InChI=1S/C21H10F6N6/c22-20(23,24)13-9-31-19(32-10-13)33-16-3-4-29-17-6-12(1-2-14(16)17)18-15(21(25,26)27)5-11(7-28)8-30-18/h1-6,8-10H,(H,29,31,32,33). The lowest BCUT2D eigenvalue weighted by atomic mass is 10.0. The Morgan fingerprint density at radius 2 is 1.55 bits per heavy atom. The number of hydrogen-bond acceptors (Lipinski definition) is 6. The maximum Gasteiger partial charge on any atom is 0.419 e. The summed E-state index contributed by atoms with van der Waals surface area (Å²) in [5.41, 5.74) is -1.86. The van der Waals surface area contributed by atoms with Gasteiger partial charge in [-0.05, 0) is 18.2 Å². The molecule has 0 saturated heterocycles. The van der Waals surface area contributed by atoms with Crippen LogP contribution in [0.15, 0.2) is 55.1 Å². The second kappa shape index (κ2) is 8.01. The van der Waals surface area contributed by atoms with E-state index in [1.165, 1.54) is 30.5 Å². The fraction of sp³-hybridized carbons (Fsp3) is 0.0952. The van der Waals surface area contributed by atoms with Gasteiger partial charge in [-0.2, -0.15) is 31.6 Å². The molecule has 0 saturated carbocycles. The third kappa shape index (κ3) is 4.52. The molecule has 0 aliphatic rings. The van der Waals surface area contributed by atoms with Gasteiger partial charge in [0.05, 0.1) is 33.6 Å². The molecule has 1 N–H and O–H groups in total. The second-order valence-corrected chi connectivity index (χ2v) is 6.74. The van der Waals surface area contributed by atoms with E-state index in [4.69, 9.17) is 5.26 Å². The highest BCUT2D eigenvalue weighted by molar-refractivity contribution is 5.94. The molecule has 0 atom stereocenters. The summed E-state index contributed by atoms with van der Waals surface area (Å²) in [7, 11) is 0. The Bertz CT molecular complexity index is 1370. The van der Waals surface area contributed by atoms with Gasteiger partial charge >= 0.3 is 12.4 Å². The van der Waals surface area contributed by atoms with Crippen LogP contribution >= 0.6 is 0 Å². The van der Waals surface area contributed by atoms with E-state index >= 15 is 0 Å². The summed E-state index contributed by atoms with van der Waals surface area (Å²) in [6.07, 6.45) is -5.64. The average Bonchev–Trinajstić information content (AvgIpc) is 2.77. The van der Waals surface area contributed by atoms with E-state index in [0.29, 0.717) is 29.0 Å². The van der Waals surface area contributed by atoms with Crippen molar-refractivity contribution in [1.82, 2.24) is 19.9 Å². The molecule has 3 heterocycles. The van der Waals surface area contributed by atoms with Crippen molar-refractivity contribution in [2.75, 3.05) is 5.32 Å². The Labute approximate surface area is 181 Å². The molecule has 166 valence electrons. The van der Waals surface area contributed by atoms with Crippen molar-refractivity contribution in [2.45, 2.75) is 12.4 Å². The number of hydrogen-bond donors (Lipinski definition) is 1. The minimum atomic E-state index is -4.74. The first-order valence-corrected chi connectivity index (χ1v) is 9.09. The number of rotatable bonds is 3. The van der Waals surface area contributed by atoms with Crippen LogP contribution in [-0.2, 0) is 12.4 Å². The first kappa shape index (κ1) is 21.9. The maximum absolute atomic E-state index is 13.5. The molecule has 12 heteroatoms. The quantitative estimate of drug-likeness (QED) is 0.393. The van der Waals surface area contributed by atoms with Crippen molar-refractivity contribution in [1.29, 1.82) is 5.26 Å². The minimum absolute atomic E-state index is 0.104. The van der Waals surface area contributed by atoms with Crippen LogP contribution in [0, 0.1) is 11.3 Å². The van der Waals surface area contributed by atoms with E-state index in [9.17, 15) is 26.3 Å². The number of fused-ring (bicyclic) bond motifs is 1. The van der Waals surface area contributed by atoms with Gasteiger partial charge < -0.3 is 5.32 Å². The van der Waals surface area contributed by atoms with Gasteiger partial charge in [-0.15, -0.1) is 0 Å². The number of anilines is 2. The third-order valence-corrected chi connectivity index (χ3v) is 4.56. The van der Waals surface area contributed by atoms with E-state index < -0.39 is 23.5 Å². The average molecular weight is 460 g/mol. The van der Waals surface area contributed by atoms with Crippen LogP contribution in [0.4, 0.5) is 38.0 Å². The van der Waals surface area contributed by atoms with Crippen LogP contribution in [0.5, 0.6) is 0 Å². The topological polar surface area (TPSA) is 87.4 Å². The van der Waals surface area contributed by atoms with Crippen molar-refractivity contribution < 1.29 is 26.3 Å². The molecule has 6 nitrogen and oxygen atoms in total. The fourth-order valence-electron chi connectivity index (χ4n) is 3.04. The van der Waals surface area contributed by atoms with Gasteiger partial charge in [0, 0.05) is 35.7 Å². The number of alkyl halides is 6. The molecule has 0 fully saturated rings. The Kier molecular flexibility index (Phi) is 5.33. The zero-order valence-corrected chi connectivity index (χ0v) is 16.2. The number of aromatic nitrogens is 4. The molecule has 0 unspecified atom stereocenters. The van der Waals surface area contributed by atoms with Crippen LogP contribution in [-0.4, -0.2) is 19.9 Å². The fourth-order valence-corrected chi connectivity index (χ4v) is 3.04. The Balaban J connectivity index is 1.72. The number of nitrogens with one attached hydrogen (secondary N) is 1. The predicted molar refractivity (Wildman–Crippen MR) is 105 cm³/mol. The maximum atomic E-state index is 13.5. The van der Waals surface area contributed by atoms with Crippen molar-refractivity contribution in [2.24, 2.45) is 0 Å². The van der Waals surface area contributed by atoms with Crippen LogP contribution < -0.4 is 5.32 Å². The highest BCUT2D eigenvalue weighted by Gasteiger charge is 2.35. The van der Waals surface area contributed by atoms with Crippen molar-refractivity contribution in [3.63, 3.8) is 0 Å². The molecule has 0 aliphatic heterocycles. The minimum Gasteiger partial charge on any atom is -0.323 e. The van der Waals surface area contributed by atoms with Crippen LogP contribution in [0.1, 0.15) is 16.7 Å². The van der Waals surface area contributed by atoms with Crippen molar-refractivity contribution in [3.05, 3.63) is 71.8 Å². The third-order valence-electron chi connectivity index (χ3n) is 4.56. The highest BCUT2D eigenvalue weighted by atomic mass is 19.4. The zero-order valence-electron chi connectivity index (χ0n) is 16.2. The van der Waals surface area contributed by atoms with E-state index in [1.54, 1.807) is 6.07 Å². The summed E-state index contributed by atoms with van der Waals surface area (Å²) >= 11 is 0. The largest absolute Gasteiger partial charge is 0.419 e. The summed E-state index contributed by atoms with van der Waals surface area (Å²) in [4.78, 5) is 15.3. The molecule has 3 aromatic heterocycles. The van der Waals surface area contributed by atoms with Gasteiger partial charge in [-0.1, -0.05) is 12.1 Å². The molecule has 1 aromatic carbocycles. The molecule has 0 bridgehead atoms. The van der Waals surface area contributed by atoms with Crippen molar-refractivity contribution in [3.8, 4) is 17.3 Å². The summed E-state index contributed by atoms with van der Waals surface area (Å²) in [5, 5.41) is 12.1. The van der Waals surface area contributed by atoms with Crippen LogP contribution in [0.3, 0.4) is 0 Å². The monoisotopic (exact) mass is 460 g/mol. The Morgan fingerprint density at radius 3 is 2.18 bits per heavy atom. The van der Waals surface area contributed by atoms with E-state index in [2.05, 4.69) is 25.3 Å². The summed E-state index contributed by atoms with van der Waals surface area (Å²) in [5.74, 6) is -0.104. The zero-order chi connectivity index (χ0) is 23.8. The number of pyridine rings is 2. The molecule has 0 spiro atoms. The molecule has 0 radical (unpaired) electrons. The highest BCUT2D eigenvalue weighted by Crippen LogP contribution is 2.37. The summed E-state index contributed by atoms with van der Waals surface area (Å²) in [6.45, 7) is 0. The number of nitrogens with zero attached hydrogens (tertiary/aromatic N) is 5. The van der Waals surface area contributed by atoms with Gasteiger partial charge in [0.25, 0.3) is 0 Å². The lowest BCUT2D eigenvalue weighted by Crippen LogP contribution is -2.09. The molecular formula is C21H10F6N6. The number of halogens is 6. The Hall–Kier alpha value is -4.27.